The maximum Gasteiger partial charge on any atom is 0.328 e. The van der Waals surface area contributed by atoms with E-state index < -0.39 is 16.0 Å². The molecule has 2 N–H and O–H groups in total. The van der Waals surface area contributed by atoms with Gasteiger partial charge in [0.25, 0.3) is 0 Å². The fourth-order valence-corrected chi connectivity index (χ4v) is 3.06. The lowest BCUT2D eigenvalue weighted by Gasteiger charge is -2.06. The van der Waals surface area contributed by atoms with E-state index in [1.807, 2.05) is 0 Å². The van der Waals surface area contributed by atoms with Crippen molar-refractivity contribution in [1.29, 1.82) is 0 Å². The number of hydrogen-bond donors (Lipinski definition) is 2. The molecule has 0 aliphatic carbocycles. The van der Waals surface area contributed by atoms with Crippen molar-refractivity contribution >= 4 is 33.8 Å². The van der Waals surface area contributed by atoms with Gasteiger partial charge in [-0.1, -0.05) is 18.1 Å². The predicted molar refractivity (Wildman–Crippen MR) is 84.5 cm³/mol. The minimum absolute atomic E-state index is 0.136. The summed E-state index contributed by atoms with van der Waals surface area (Å²) in [6, 6.07) is 5.94. The van der Waals surface area contributed by atoms with Crippen LogP contribution in [-0.2, 0) is 14.8 Å². The highest BCUT2D eigenvalue weighted by atomic mass is 32.2. The van der Waals surface area contributed by atoms with Gasteiger partial charge in [0.15, 0.2) is 0 Å². The molecule has 7 heteroatoms. The van der Waals surface area contributed by atoms with Crippen LogP contribution in [0.2, 0.25) is 0 Å². The Labute approximate surface area is 128 Å². The second-order valence-electron chi connectivity index (χ2n) is 3.90. The zero-order valence-corrected chi connectivity index (χ0v) is 12.8. The van der Waals surface area contributed by atoms with E-state index in [-0.39, 0.29) is 4.90 Å². The SMILES string of the molecule is C#CCSCCNS(=O)(=O)c1ccc(/C=C/C(=O)O)cc1. The Balaban J connectivity index is 2.63. The average molecular weight is 325 g/mol. The number of thioether (sulfide) groups is 1. The molecule has 0 fully saturated rings. The highest BCUT2D eigenvalue weighted by molar-refractivity contribution is 7.99. The number of terminal acetylenes is 1. The summed E-state index contributed by atoms with van der Waals surface area (Å²) < 4.78 is 26.4. The molecule has 5 nitrogen and oxygen atoms in total. The van der Waals surface area contributed by atoms with Crippen LogP contribution >= 0.6 is 11.8 Å². The first-order chi connectivity index (χ1) is 9.95. The summed E-state index contributed by atoms with van der Waals surface area (Å²) in [5.41, 5.74) is 0.612. The molecule has 0 aliphatic rings. The minimum atomic E-state index is -3.55. The van der Waals surface area contributed by atoms with Gasteiger partial charge in [0, 0.05) is 18.4 Å². The molecule has 0 aromatic heterocycles. The van der Waals surface area contributed by atoms with Gasteiger partial charge in [-0.3, -0.25) is 0 Å². The molecule has 0 unspecified atom stereocenters. The van der Waals surface area contributed by atoms with Gasteiger partial charge >= 0.3 is 5.97 Å². The van der Waals surface area contributed by atoms with Gasteiger partial charge in [-0.15, -0.1) is 18.2 Å². The number of benzene rings is 1. The number of nitrogens with one attached hydrogen (secondary N) is 1. The van der Waals surface area contributed by atoms with Crippen LogP contribution < -0.4 is 4.72 Å². The summed E-state index contributed by atoms with van der Waals surface area (Å²) in [5.74, 6) is 2.55. The van der Waals surface area contributed by atoms with E-state index >= 15 is 0 Å². The zero-order valence-electron chi connectivity index (χ0n) is 11.2. The number of rotatable bonds is 8. The maximum atomic E-state index is 12.0. The van der Waals surface area contributed by atoms with Crippen LogP contribution in [0.3, 0.4) is 0 Å². The molecule has 21 heavy (non-hydrogen) atoms. The van der Waals surface area contributed by atoms with Crippen LogP contribution in [-0.4, -0.2) is 37.5 Å². The van der Waals surface area contributed by atoms with Crippen LogP contribution in [0.4, 0.5) is 0 Å². The molecule has 0 atom stereocenters. The third-order valence-corrected chi connectivity index (χ3v) is 4.67. The Morgan fingerprint density at radius 3 is 2.62 bits per heavy atom. The van der Waals surface area contributed by atoms with Crippen molar-refractivity contribution in [2.75, 3.05) is 18.1 Å². The lowest BCUT2D eigenvalue weighted by molar-refractivity contribution is -0.131. The first kappa shape index (κ1) is 17.3. The third kappa shape index (κ3) is 6.49. The summed E-state index contributed by atoms with van der Waals surface area (Å²) in [5, 5.41) is 8.51. The third-order valence-electron chi connectivity index (χ3n) is 2.33. The van der Waals surface area contributed by atoms with Crippen molar-refractivity contribution in [3.05, 3.63) is 35.9 Å². The molecule has 0 radical (unpaired) electrons. The number of aliphatic carboxylic acids is 1. The van der Waals surface area contributed by atoms with Crippen molar-refractivity contribution in [1.82, 2.24) is 4.72 Å². The van der Waals surface area contributed by atoms with E-state index in [4.69, 9.17) is 11.5 Å². The highest BCUT2D eigenvalue weighted by Gasteiger charge is 2.12. The number of carboxylic acids is 1. The highest BCUT2D eigenvalue weighted by Crippen LogP contribution is 2.11. The standard InChI is InChI=1S/C14H15NO4S2/c1-2-10-20-11-9-15-21(18,19)13-6-3-12(4-7-13)5-8-14(16)17/h1,3-8,15H,9-11H2,(H,16,17)/b8-5+. The molecule has 1 rings (SSSR count). The minimum Gasteiger partial charge on any atom is -0.478 e. The van der Waals surface area contributed by atoms with E-state index in [1.165, 1.54) is 30.0 Å². The van der Waals surface area contributed by atoms with E-state index in [0.29, 0.717) is 23.6 Å². The Bertz CT molecular complexity index is 643. The van der Waals surface area contributed by atoms with Gasteiger partial charge < -0.3 is 5.11 Å². The van der Waals surface area contributed by atoms with Gasteiger partial charge in [-0.25, -0.2) is 17.9 Å². The van der Waals surface area contributed by atoms with Crippen molar-refractivity contribution in [3.8, 4) is 12.3 Å². The molecule has 0 amide bonds. The second kappa shape index (κ2) is 8.52. The van der Waals surface area contributed by atoms with Crippen LogP contribution in [0.5, 0.6) is 0 Å². The molecule has 0 spiro atoms. The van der Waals surface area contributed by atoms with E-state index in [9.17, 15) is 13.2 Å². The number of carbonyl (C=O) groups is 1. The molecule has 0 aliphatic heterocycles. The van der Waals surface area contributed by atoms with Crippen LogP contribution in [0.25, 0.3) is 6.08 Å². The number of sulfonamides is 1. The summed E-state index contributed by atoms with van der Waals surface area (Å²) in [6.07, 6.45) is 7.48. The summed E-state index contributed by atoms with van der Waals surface area (Å²) >= 11 is 1.47. The molecule has 0 bridgehead atoms. The molecule has 112 valence electrons. The molecule has 0 heterocycles. The van der Waals surface area contributed by atoms with E-state index in [2.05, 4.69) is 10.6 Å². The second-order valence-corrected chi connectivity index (χ2v) is 6.77. The fourth-order valence-electron chi connectivity index (χ4n) is 1.39. The van der Waals surface area contributed by atoms with Crippen molar-refractivity contribution in [2.45, 2.75) is 4.90 Å². The van der Waals surface area contributed by atoms with Gasteiger partial charge in [0.05, 0.1) is 10.6 Å². The normalized spacial score (nSPS) is 11.4. The van der Waals surface area contributed by atoms with Gasteiger partial charge in [-0.2, -0.15) is 0 Å². The Morgan fingerprint density at radius 1 is 1.38 bits per heavy atom. The maximum absolute atomic E-state index is 12.0. The lowest BCUT2D eigenvalue weighted by atomic mass is 10.2. The summed E-state index contributed by atoms with van der Waals surface area (Å²) in [4.78, 5) is 10.5. The topological polar surface area (TPSA) is 83.5 Å². The quantitative estimate of drug-likeness (QED) is 0.429. The molecule has 0 saturated carbocycles. The monoisotopic (exact) mass is 325 g/mol. The van der Waals surface area contributed by atoms with E-state index in [1.54, 1.807) is 12.1 Å². The molecular weight excluding hydrogens is 310 g/mol. The first-order valence-electron chi connectivity index (χ1n) is 5.97. The first-order valence-corrected chi connectivity index (χ1v) is 8.61. The molecule has 0 saturated heterocycles. The van der Waals surface area contributed by atoms with Crippen molar-refractivity contribution in [2.24, 2.45) is 0 Å². The Morgan fingerprint density at radius 2 is 2.05 bits per heavy atom. The van der Waals surface area contributed by atoms with Crippen molar-refractivity contribution in [3.63, 3.8) is 0 Å². The molecular formula is C14H15NO4S2. The zero-order chi connectivity index (χ0) is 15.7. The van der Waals surface area contributed by atoms with Gasteiger partial charge in [-0.05, 0) is 23.8 Å². The summed E-state index contributed by atoms with van der Waals surface area (Å²) in [7, 11) is -3.55. The number of carboxylic acid groups (broad SMARTS) is 1. The van der Waals surface area contributed by atoms with E-state index in [0.717, 1.165) is 6.08 Å². The summed E-state index contributed by atoms with van der Waals surface area (Å²) in [6.45, 7) is 0.301. The Kier molecular flexibility index (Phi) is 7.02. The Hall–Kier alpha value is -1.75. The van der Waals surface area contributed by atoms with Gasteiger partial charge in [0.1, 0.15) is 0 Å². The molecule has 1 aromatic carbocycles. The smallest absolute Gasteiger partial charge is 0.328 e. The average Bonchev–Trinajstić information content (AvgIpc) is 2.45. The van der Waals surface area contributed by atoms with Crippen LogP contribution in [0.15, 0.2) is 35.2 Å². The lowest BCUT2D eigenvalue weighted by Crippen LogP contribution is -2.26. The molecule has 1 aromatic rings. The van der Waals surface area contributed by atoms with Crippen LogP contribution in [0, 0.1) is 12.3 Å². The van der Waals surface area contributed by atoms with Crippen molar-refractivity contribution < 1.29 is 18.3 Å². The predicted octanol–water partition coefficient (Wildman–Crippen LogP) is 1.43. The van der Waals surface area contributed by atoms with Gasteiger partial charge in [0.2, 0.25) is 10.0 Å². The largest absolute Gasteiger partial charge is 0.478 e. The van der Waals surface area contributed by atoms with Crippen LogP contribution in [0.1, 0.15) is 5.56 Å². The number of hydrogen-bond acceptors (Lipinski definition) is 4. The fraction of sp³-hybridized carbons (Fsp3) is 0.214.